The second-order valence-corrected chi connectivity index (χ2v) is 18.8. The van der Waals surface area contributed by atoms with Crippen LogP contribution in [0.4, 0.5) is 11.4 Å². The number of hydrogen-bond donors (Lipinski definition) is 1. The predicted octanol–water partition coefficient (Wildman–Crippen LogP) is 11.5. The number of rotatable bonds is 16. The van der Waals surface area contributed by atoms with Crippen molar-refractivity contribution in [3.63, 3.8) is 0 Å². The number of tetrazole rings is 1. The van der Waals surface area contributed by atoms with E-state index >= 15 is 0 Å². The van der Waals surface area contributed by atoms with Crippen LogP contribution < -0.4 is 19.8 Å². The smallest absolute Gasteiger partial charge is 0.294 e. The minimum atomic E-state index is -1.15. The summed E-state index contributed by atoms with van der Waals surface area (Å²) >= 11 is 7.79. The van der Waals surface area contributed by atoms with Gasteiger partial charge in [-0.25, -0.2) is 0 Å². The zero-order chi connectivity index (χ0) is 45.1. The maximum absolute atomic E-state index is 14.7. The lowest BCUT2D eigenvalue weighted by Crippen LogP contribution is -2.37. The van der Waals surface area contributed by atoms with Crippen molar-refractivity contribution in [1.29, 1.82) is 0 Å². The standard InChI is InChI=1S/C50H54ClN7O4S/c1-10-49(6,7)35-24-28-43(39(30-35)50(8,9)11-2)61-32(4)46(59)52-40-19-15-16-20-41(40)58-47(60)45(44(54-58)34-22-25-36(51)26-23-34)62-42-27-21-31(3)29-38(42)33(5)63-48-53-55-56-57(48)37-17-13-12-14-18-37/h12-30,32-33,45H,10-11H2,1-9H3,(H,52,59). The van der Waals surface area contributed by atoms with Crippen molar-refractivity contribution in [2.45, 2.75) is 109 Å². The van der Waals surface area contributed by atoms with E-state index in [4.69, 9.17) is 26.2 Å². The monoisotopic (exact) mass is 883 g/mol. The van der Waals surface area contributed by atoms with E-state index in [-0.39, 0.29) is 22.0 Å². The summed E-state index contributed by atoms with van der Waals surface area (Å²) in [7, 11) is 0. The van der Waals surface area contributed by atoms with Crippen LogP contribution in [0.15, 0.2) is 126 Å². The third kappa shape index (κ3) is 9.82. The average molecular weight is 885 g/mol. The molecule has 6 aromatic rings. The molecule has 0 spiro atoms. The number of hydrazone groups is 1. The highest BCUT2D eigenvalue weighted by Crippen LogP contribution is 2.42. The van der Waals surface area contributed by atoms with E-state index in [0.717, 1.165) is 35.2 Å². The molecule has 13 heteroatoms. The first-order valence-electron chi connectivity index (χ1n) is 21.3. The van der Waals surface area contributed by atoms with Crippen molar-refractivity contribution in [2.24, 2.45) is 5.10 Å². The molecule has 0 saturated heterocycles. The third-order valence-electron chi connectivity index (χ3n) is 11.9. The number of halogens is 1. The Morgan fingerprint density at radius 1 is 0.857 bits per heavy atom. The molecule has 326 valence electrons. The average Bonchev–Trinajstić information content (AvgIpc) is 3.88. The van der Waals surface area contributed by atoms with Gasteiger partial charge in [-0.05, 0) is 109 Å². The number of nitrogens with one attached hydrogen (secondary N) is 1. The van der Waals surface area contributed by atoms with Gasteiger partial charge in [0.15, 0.2) is 6.10 Å². The van der Waals surface area contributed by atoms with Crippen LogP contribution in [0.2, 0.25) is 5.02 Å². The molecule has 63 heavy (non-hydrogen) atoms. The number of benzene rings is 5. The molecule has 3 atom stereocenters. The van der Waals surface area contributed by atoms with Gasteiger partial charge >= 0.3 is 0 Å². The lowest BCUT2D eigenvalue weighted by Gasteiger charge is -2.31. The van der Waals surface area contributed by atoms with Crippen LogP contribution in [0.5, 0.6) is 11.5 Å². The molecule has 1 aliphatic rings. The van der Waals surface area contributed by atoms with E-state index in [0.29, 0.717) is 44.3 Å². The summed E-state index contributed by atoms with van der Waals surface area (Å²) in [6, 6.07) is 36.0. The molecule has 1 aliphatic heterocycles. The molecule has 0 saturated carbocycles. The van der Waals surface area contributed by atoms with Crippen LogP contribution in [0, 0.1) is 6.92 Å². The summed E-state index contributed by atoms with van der Waals surface area (Å²) in [4.78, 5) is 28.8. The predicted molar refractivity (Wildman–Crippen MR) is 253 cm³/mol. The van der Waals surface area contributed by atoms with Crippen molar-refractivity contribution in [3.8, 4) is 17.2 Å². The summed E-state index contributed by atoms with van der Waals surface area (Å²) in [5, 5.41) is 22.7. The van der Waals surface area contributed by atoms with Gasteiger partial charge in [0.05, 0.1) is 17.1 Å². The number of nitrogens with zero attached hydrogens (tertiary/aromatic N) is 6. The maximum atomic E-state index is 14.7. The fraction of sp³-hybridized carbons (Fsp3) is 0.320. The van der Waals surface area contributed by atoms with Gasteiger partial charge in [-0.2, -0.15) is 14.8 Å². The highest BCUT2D eigenvalue weighted by molar-refractivity contribution is 7.99. The number of hydrogen-bond acceptors (Lipinski definition) is 9. The maximum Gasteiger partial charge on any atom is 0.294 e. The Bertz CT molecular complexity index is 2630. The first-order chi connectivity index (χ1) is 30.1. The second kappa shape index (κ2) is 18.8. The Hall–Kier alpha value is -5.98. The SMILES string of the molecule is CCC(C)(C)c1ccc(OC(C)C(=O)Nc2ccccc2N2N=C(c3ccc(Cl)cc3)C(Oc3ccc(C)cc3C(C)Sc3nnnn3-c3ccccc3)C2=O)c(C(C)(C)CC)c1. The number of carbonyl (C=O) groups excluding carboxylic acids is 2. The molecule has 2 amide bonds. The van der Waals surface area contributed by atoms with E-state index in [1.165, 1.54) is 22.3 Å². The van der Waals surface area contributed by atoms with Gasteiger partial charge in [0.25, 0.3) is 11.8 Å². The highest BCUT2D eigenvalue weighted by Gasteiger charge is 2.41. The number of amides is 2. The lowest BCUT2D eigenvalue weighted by molar-refractivity contribution is -0.122. The van der Waals surface area contributed by atoms with Gasteiger partial charge in [-0.15, -0.1) is 5.10 Å². The van der Waals surface area contributed by atoms with Gasteiger partial charge in [-0.1, -0.05) is 137 Å². The Balaban J connectivity index is 1.17. The van der Waals surface area contributed by atoms with Crippen molar-refractivity contribution >= 4 is 52.3 Å². The van der Waals surface area contributed by atoms with Crippen molar-refractivity contribution in [2.75, 3.05) is 10.3 Å². The van der Waals surface area contributed by atoms with Crippen LogP contribution in [-0.2, 0) is 20.4 Å². The van der Waals surface area contributed by atoms with Crippen molar-refractivity contribution in [3.05, 3.63) is 148 Å². The molecule has 1 aromatic heterocycles. The fourth-order valence-corrected chi connectivity index (χ4v) is 8.27. The van der Waals surface area contributed by atoms with Crippen LogP contribution in [0.25, 0.3) is 5.69 Å². The fourth-order valence-electron chi connectivity index (χ4n) is 7.19. The zero-order valence-electron chi connectivity index (χ0n) is 37.2. The van der Waals surface area contributed by atoms with Gasteiger partial charge in [0, 0.05) is 27.0 Å². The van der Waals surface area contributed by atoms with E-state index in [1.807, 2.05) is 80.6 Å². The topological polar surface area (TPSA) is 124 Å². The number of carbonyl (C=O) groups is 2. The second-order valence-electron chi connectivity index (χ2n) is 17.1. The third-order valence-corrected chi connectivity index (χ3v) is 13.2. The Labute approximate surface area is 379 Å². The highest BCUT2D eigenvalue weighted by atomic mass is 35.5. The minimum Gasteiger partial charge on any atom is -0.481 e. The molecule has 7 rings (SSSR count). The molecule has 0 fully saturated rings. The van der Waals surface area contributed by atoms with Crippen LogP contribution in [0.3, 0.4) is 0 Å². The van der Waals surface area contributed by atoms with Gasteiger partial charge < -0.3 is 14.8 Å². The molecule has 0 bridgehead atoms. The molecular formula is C50H54ClN7O4S. The van der Waals surface area contributed by atoms with E-state index in [1.54, 1.807) is 48.0 Å². The summed E-state index contributed by atoms with van der Waals surface area (Å²) in [6.07, 6.45) is -0.142. The van der Waals surface area contributed by atoms with Gasteiger partial charge in [0.1, 0.15) is 17.2 Å². The molecule has 2 heterocycles. The van der Waals surface area contributed by atoms with Crippen LogP contribution in [0.1, 0.15) is 101 Å². The molecule has 0 radical (unpaired) electrons. The Morgan fingerprint density at radius 3 is 2.25 bits per heavy atom. The molecule has 11 nitrogen and oxygen atoms in total. The van der Waals surface area contributed by atoms with Gasteiger partial charge in [0.2, 0.25) is 11.3 Å². The summed E-state index contributed by atoms with van der Waals surface area (Å²) in [5.41, 5.74) is 6.58. The minimum absolute atomic E-state index is 0.0134. The number of aromatic nitrogens is 4. The van der Waals surface area contributed by atoms with E-state index < -0.39 is 18.1 Å². The Kier molecular flexibility index (Phi) is 13.4. The summed E-state index contributed by atoms with van der Waals surface area (Å²) in [6.45, 7) is 19.0. The van der Waals surface area contributed by atoms with Crippen molar-refractivity contribution in [1.82, 2.24) is 20.2 Å². The molecule has 0 aliphatic carbocycles. The molecule has 3 unspecified atom stereocenters. The molecular weight excluding hydrogens is 830 g/mol. The van der Waals surface area contributed by atoms with Crippen molar-refractivity contribution < 1.29 is 19.1 Å². The summed E-state index contributed by atoms with van der Waals surface area (Å²) < 4.78 is 14.9. The number of ether oxygens (including phenoxy) is 2. The molecule has 1 N–H and O–H groups in total. The largest absolute Gasteiger partial charge is 0.481 e. The van der Waals surface area contributed by atoms with E-state index in [9.17, 15) is 9.59 Å². The number of aryl methyl sites for hydroxylation is 1. The first-order valence-corrected chi connectivity index (χ1v) is 22.5. The zero-order valence-corrected chi connectivity index (χ0v) is 38.8. The lowest BCUT2D eigenvalue weighted by atomic mass is 9.76. The number of para-hydroxylation sites is 3. The number of thioether (sulfide) groups is 1. The van der Waals surface area contributed by atoms with Crippen LogP contribution in [-0.4, -0.2) is 49.9 Å². The van der Waals surface area contributed by atoms with E-state index in [2.05, 4.69) is 74.5 Å². The normalized spacial score (nSPS) is 15.2. The molecule has 5 aromatic carbocycles. The first kappa shape index (κ1) is 45.1. The quantitative estimate of drug-likeness (QED) is 0.0953. The van der Waals surface area contributed by atoms with Gasteiger partial charge in [-0.3, -0.25) is 9.59 Å². The number of anilines is 2. The Morgan fingerprint density at radius 2 is 1.54 bits per heavy atom. The van der Waals surface area contributed by atoms with Crippen LogP contribution >= 0.6 is 23.4 Å². The summed E-state index contributed by atoms with van der Waals surface area (Å²) in [5.74, 6) is 0.354.